The molecule has 0 bridgehead atoms. The normalized spacial score (nSPS) is 12.6. The number of rotatable bonds is 5. The zero-order valence-electron chi connectivity index (χ0n) is 14.8. The summed E-state index contributed by atoms with van der Waals surface area (Å²) in [4.78, 5) is 12.5. The van der Waals surface area contributed by atoms with Crippen LogP contribution in [0.1, 0.15) is 25.1 Å². The van der Waals surface area contributed by atoms with Crippen LogP contribution in [0.25, 0.3) is 22.1 Å². The number of aromatic amines is 1. The Kier molecular flexibility index (Phi) is 4.28. The molecule has 132 valence electrons. The smallest absolute Gasteiger partial charge is 0.180 e. The van der Waals surface area contributed by atoms with Crippen LogP contribution in [0, 0.1) is 0 Å². The number of fused-ring (bicyclic) bond motifs is 2. The predicted octanol–water partition coefficient (Wildman–Crippen LogP) is 5.05. The lowest BCUT2D eigenvalue weighted by Crippen LogP contribution is -2.19. The number of H-pyrrole nitrogens is 1. The van der Waals surface area contributed by atoms with Crippen LogP contribution in [0.15, 0.2) is 54.0 Å². The molecule has 26 heavy (non-hydrogen) atoms. The van der Waals surface area contributed by atoms with Crippen molar-refractivity contribution in [1.29, 1.82) is 0 Å². The molecule has 0 radical (unpaired) electrons. The van der Waals surface area contributed by atoms with Gasteiger partial charge in [-0.05, 0) is 53.4 Å². The van der Waals surface area contributed by atoms with E-state index in [1.165, 1.54) is 10.9 Å². The summed E-state index contributed by atoms with van der Waals surface area (Å²) in [5, 5.41) is 4.78. The summed E-state index contributed by atoms with van der Waals surface area (Å²) >= 11 is 3.50. The number of halogens is 1. The molecule has 0 fully saturated rings. The summed E-state index contributed by atoms with van der Waals surface area (Å²) in [6.45, 7) is 8.16. The summed E-state index contributed by atoms with van der Waals surface area (Å²) in [5.41, 5.74) is 5.20. The molecular weight excluding hydrogens is 390 g/mol. The van der Waals surface area contributed by atoms with Gasteiger partial charge in [0.1, 0.15) is 4.60 Å². The molecule has 4 rings (SSSR count). The number of para-hydroxylation sites is 1. The molecule has 3 aromatic heterocycles. The maximum absolute atomic E-state index is 4.59. The van der Waals surface area contributed by atoms with Crippen molar-refractivity contribution in [2.75, 3.05) is 5.32 Å². The first kappa shape index (κ1) is 16.8. The molecule has 0 saturated carbocycles. The molecule has 1 unspecified atom stereocenters. The second-order valence-corrected chi connectivity index (χ2v) is 7.45. The van der Waals surface area contributed by atoms with E-state index < -0.39 is 0 Å². The Bertz CT molecular complexity index is 1110. The Hall–Kier alpha value is -2.60. The molecule has 0 saturated heterocycles. The largest absolute Gasteiger partial charge is 0.364 e. The van der Waals surface area contributed by atoms with Crippen LogP contribution in [0.4, 0.5) is 5.82 Å². The van der Waals surface area contributed by atoms with Crippen LogP contribution in [0.5, 0.6) is 0 Å². The number of aromatic nitrogens is 4. The fourth-order valence-electron chi connectivity index (χ4n) is 3.29. The lowest BCUT2D eigenvalue weighted by Gasteiger charge is -2.15. The zero-order chi connectivity index (χ0) is 18.3. The van der Waals surface area contributed by atoms with Gasteiger partial charge in [-0.15, -0.1) is 0 Å². The average molecular weight is 410 g/mol. The van der Waals surface area contributed by atoms with E-state index in [2.05, 4.69) is 74.1 Å². The molecule has 4 aromatic rings. The van der Waals surface area contributed by atoms with Crippen LogP contribution in [0.3, 0.4) is 0 Å². The molecule has 0 spiro atoms. The van der Waals surface area contributed by atoms with Crippen molar-refractivity contribution < 1.29 is 0 Å². The Balaban J connectivity index is 1.63. The lowest BCUT2D eigenvalue weighted by atomic mass is 10.1. The first-order valence-electron chi connectivity index (χ1n) is 8.54. The van der Waals surface area contributed by atoms with Crippen LogP contribution in [0.2, 0.25) is 0 Å². The molecule has 0 aliphatic rings. The number of benzene rings is 1. The minimum Gasteiger partial charge on any atom is -0.364 e. The van der Waals surface area contributed by atoms with Crippen molar-refractivity contribution in [3.05, 3.63) is 65.3 Å². The third kappa shape index (κ3) is 3.01. The molecule has 3 heterocycles. The standard InChI is InChI=1S/C20H20BrN5/c1-12(2)17-10-23-20-19(25-18(21)11-26(17)20)24-13(3)8-14-9-22-16-7-5-4-6-15(14)16/h4-7,9-11,13,22H,1,8H2,2-3H3,(H,24,25). The highest BCUT2D eigenvalue weighted by molar-refractivity contribution is 9.10. The highest BCUT2D eigenvalue weighted by Crippen LogP contribution is 2.24. The van der Waals surface area contributed by atoms with Gasteiger partial charge in [0, 0.05) is 29.3 Å². The second-order valence-electron chi connectivity index (χ2n) is 6.64. The van der Waals surface area contributed by atoms with Gasteiger partial charge < -0.3 is 10.3 Å². The van der Waals surface area contributed by atoms with Crippen molar-refractivity contribution in [3.63, 3.8) is 0 Å². The van der Waals surface area contributed by atoms with Crippen LogP contribution in [-0.2, 0) is 6.42 Å². The third-order valence-corrected chi connectivity index (χ3v) is 4.87. The molecule has 2 N–H and O–H groups in total. The molecule has 0 aliphatic heterocycles. The van der Waals surface area contributed by atoms with E-state index >= 15 is 0 Å². The summed E-state index contributed by atoms with van der Waals surface area (Å²) in [5.74, 6) is 0.763. The van der Waals surface area contributed by atoms with Crippen molar-refractivity contribution in [2.24, 2.45) is 0 Å². The first-order valence-corrected chi connectivity index (χ1v) is 9.33. The van der Waals surface area contributed by atoms with Gasteiger partial charge in [-0.1, -0.05) is 24.8 Å². The number of nitrogens with one attached hydrogen (secondary N) is 2. The fourth-order valence-corrected chi connectivity index (χ4v) is 3.67. The quantitative estimate of drug-likeness (QED) is 0.484. The summed E-state index contributed by atoms with van der Waals surface area (Å²) in [7, 11) is 0. The van der Waals surface area contributed by atoms with Gasteiger partial charge in [0.2, 0.25) is 0 Å². The number of hydrogen-bond acceptors (Lipinski definition) is 3. The van der Waals surface area contributed by atoms with Crippen molar-refractivity contribution in [2.45, 2.75) is 26.3 Å². The molecule has 1 aromatic carbocycles. The van der Waals surface area contributed by atoms with Gasteiger partial charge in [0.25, 0.3) is 0 Å². The van der Waals surface area contributed by atoms with Crippen molar-refractivity contribution in [1.82, 2.24) is 19.4 Å². The third-order valence-electron chi connectivity index (χ3n) is 4.48. The molecule has 5 nitrogen and oxygen atoms in total. The minimum absolute atomic E-state index is 0.199. The molecule has 1 atom stereocenters. The Morgan fingerprint density at radius 2 is 2.19 bits per heavy atom. The van der Waals surface area contributed by atoms with E-state index in [-0.39, 0.29) is 6.04 Å². The van der Waals surface area contributed by atoms with Crippen molar-refractivity contribution in [3.8, 4) is 0 Å². The van der Waals surface area contributed by atoms with Crippen LogP contribution in [-0.4, -0.2) is 25.4 Å². The number of imidazole rings is 1. The van der Waals surface area contributed by atoms with E-state index in [1.807, 2.05) is 29.8 Å². The topological polar surface area (TPSA) is 58.0 Å². The number of anilines is 1. The van der Waals surface area contributed by atoms with E-state index in [9.17, 15) is 0 Å². The maximum Gasteiger partial charge on any atom is 0.180 e. The Morgan fingerprint density at radius 3 is 3.00 bits per heavy atom. The minimum atomic E-state index is 0.199. The highest BCUT2D eigenvalue weighted by Gasteiger charge is 2.14. The molecule has 0 aliphatic carbocycles. The van der Waals surface area contributed by atoms with E-state index in [0.717, 1.165) is 39.3 Å². The van der Waals surface area contributed by atoms with Gasteiger partial charge in [-0.25, -0.2) is 9.97 Å². The highest BCUT2D eigenvalue weighted by atomic mass is 79.9. The van der Waals surface area contributed by atoms with E-state index in [1.54, 1.807) is 0 Å². The average Bonchev–Trinajstić information content (AvgIpc) is 3.19. The number of nitrogens with zero attached hydrogens (tertiary/aromatic N) is 3. The van der Waals surface area contributed by atoms with Crippen molar-refractivity contribution >= 4 is 43.9 Å². The molecular formula is C20H20BrN5. The van der Waals surface area contributed by atoms with Gasteiger partial charge in [-0.3, -0.25) is 4.40 Å². The lowest BCUT2D eigenvalue weighted by molar-refractivity contribution is 0.787. The van der Waals surface area contributed by atoms with Crippen LogP contribution < -0.4 is 5.32 Å². The Labute approximate surface area is 160 Å². The number of allylic oxidation sites excluding steroid dienone is 1. The Morgan fingerprint density at radius 1 is 1.38 bits per heavy atom. The second kappa shape index (κ2) is 6.61. The molecule has 6 heteroatoms. The van der Waals surface area contributed by atoms with E-state index in [0.29, 0.717) is 0 Å². The zero-order valence-corrected chi connectivity index (χ0v) is 16.3. The monoisotopic (exact) mass is 409 g/mol. The fraction of sp³-hybridized carbons (Fsp3) is 0.200. The van der Waals surface area contributed by atoms with Gasteiger partial charge in [0.15, 0.2) is 11.5 Å². The number of hydrogen-bond donors (Lipinski definition) is 2. The first-order chi connectivity index (χ1) is 12.5. The van der Waals surface area contributed by atoms with E-state index in [4.69, 9.17) is 0 Å². The SMILES string of the molecule is C=C(C)c1cnc2c(NC(C)Cc3c[nH]c4ccccc34)nc(Br)cn12. The van der Waals surface area contributed by atoms with Gasteiger partial charge >= 0.3 is 0 Å². The van der Waals surface area contributed by atoms with Gasteiger partial charge in [0.05, 0.1) is 11.9 Å². The summed E-state index contributed by atoms with van der Waals surface area (Å²) < 4.78 is 2.77. The van der Waals surface area contributed by atoms with Gasteiger partial charge in [-0.2, -0.15) is 0 Å². The summed E-state index contributed by atoms with van der Waals surface area (Å²) in [6, 6.07) is 8.56. The summed E-state index contributed by atoms with van der Waals surface area (Å²) in [6.07, 6.45) is 6.73. The molecule has 0 amide bonds. The maximum atomic E-state index is 4.59. The van der Waals surface area contributed by atoms with Crippen LogP contribution >= 0.6 is 15.9 Å². The predicted molar refractivity (Wildman–Crippen MR) is 110 cm³/mol.